The van der Waals surface area contributed by atoms with Gasteiger partial charge in [0.2, 0.25) is 0 Å². The molecule has 0 unspecified atom stereocenters. The van der Waals surface area contributed by atoms with E-state index in [1.165, 1.54) is 0 Å². The normalized spacial score (nSPS) is 48.0. The van der Waals surface area contributed by atoms with E-state index in [1.807, 2.05) is 0 Å². The van der Waals surface area contributed by atoms with Crippen molar-refractivity contribution in [3.63, 3.8) is 0 Å². The molecule has 76 valence electrons. The molecule has 0 radical (unpaired) electrons. The van der Waals surface area contributed by atoms with Gasteiger partial charge in [0, 0.05) is 0 Å². The first-order chi connectivity index (χ1) is 6.00. The molecule has 13 heavy (non-hydrogen) atoms. The van der Waals surface area contributed by atoms with Gasteiger partial charge in [0.15, 0.2) is 17.7 Å². The maximum absolute atomic E-state index is 9.49. The maximum atomic E-state index is 9.49. The van der Waals surface area contributed by atoms with Crippen LogP contribution >= 0.6 is 0 Å². The van der Waals surface area contributed by atoms with Gasteiger partial charge < -0.3 is 24.4 Å². The Balaban J connectivity index is 2.26. The molecule has 0 aromatic heterocycles. The van der Waals surface area contributed by atoms with Crippen LogP contribution < -0.4 is 0 Å². The van der Waals surface area contributed by atoms with Crippen LogP contribution in [0.25, 0.3) is 0 Å². The number of rotatable bonds is 1. The third-order valence-corrected chi connectivity index (χ3v) is 2.48. The second-order valence-corrected chi connectivity index (χ2v) is 3.91. The van der Waals surface area contributed by atoms with E-state index in [-0.39, 0.29) is 19.3 Å². The van der Waals surface area contributed by atoms with Crippen LogP contribution in [0.2, 0.25) is 0 Å². The fraction of sp³-hybridized carbons (Fsp3) is 1.00. The van der Waals surface area contributed by atoms with Gasteiger partial charge in [-0.25, -0.2) is 0 Å². The van der Waals surface area contributed by atoms with Gasteiger partial charge in [-0.15, -0.1) is 0 Å². The summed E-state index contributed by atoms with van der Waals surface area (Å²) < 4.78 is 15.9. The Hall–Kier alpha value is -0.200. The van der Waals surface area contributed by atoms with E-state index < -0.39 is 17.7 Å². The molecule has 2 heterocycles. The summed E-state index contributed by atoms with van der Waals surface area (Å²) in [5, 5.41) is 18.7. The van der Waals surface area contributed by atoms with E-state index in [2.05, 4.69) is 0 Å². The summed E-state index contributed by atoms with van der Waals surface area (Å²) in [5.74, 6) is -0.766. The molecule has 2 fully saturated rings. The molecule has 5 nitrogen and oxygen atoms in total. The molecular weight excluding hydrogens is 176 g/mol. The lowest BCUT2D eigenvalue weighted by atomic mass is 10.0. The number of aliphatic hydroxyl groups excluding tert-OH is 2. The number of hydrogen-bond acceptors (Lipinski definition) is 5. The van der Waals surface area contributed by atoms with Crippen LogP contribution in [0.3, 0.4) is 0 Å². The van der Waals surface area contributed by atoms with Crippen LogP contribution in [-0.2, 0) is 14.2 Å². The first-order valence-corrected chi connectivity index (χ1v) is 4.29. The van der Waals surface area contributed by atoms with E-state index in [4.69, 9.17) is 14.2 Å². The molecule has 5 heteroatoms. The lowest BCUT2D eigenvalue weighted by molar-refractivity contribution is -0.243. The van der Waals surface area contributed by atoms with Gasteiger partial charge in [-0.1, -0.05) is 0 Å². The summed E-state index contributed by atoms with van der Waals surface area (Å²) in [7, 11) is 0. The topological polar surface area (TPSA) is 68.2 Å². The fourth-order valence-corrected chi connectivity index (χ4v) is 1.91. The first-order valence-electron chi connectivity index (χ1n) is 4.29. The SMILES string of the molecule is CC1(C)O[C@@H]2CO[C@@H](O)[C@]2(CO)O1. The quantitative estimate of drug-likeness (QED) is 0.567. The van der Waals surface area contributed by atoms with Gasteiger partial charge in [-0.05, 0) is 13.8 Å². The molecule has 2 N–H and O–H groups in total. The maximum Gasteiger partial charge on any atom is 0.189 e. The van der Waals surface area contributed by atoms with Crippen molar-refractivity contribution in [2.75, 3.05) is 13.2 Å². The van der Waals surface area contributed by atoms with Crippen molar-refractivity contribution in [3.8, 4) is 0 Å². The summed E-state index contributed by atoms with van der Waals surface area (Å²) in [5.41, 5.74) is -1.09. The van der Waals surface area contributed by atoms with Crippen LogP contribution in [0.5, 0.6) is 0 Å². The lowest BCUT2D eigenvalue weighted by Crippen LogP contribution is -2.49. The Morgan fingerprint density at radius 3 is 2.69 bits per heavy atom. The number of fused-ring (bicyclic) bond motifs is 1. The molecule has 2 saturated heterocycles. The minimum Gasteiger partial charge on any atom is -0.393 e. The number of hydrogen-bond donors (Lipinski definition) is 2. The van der Waals surface area contributed by atoms with Gasteiger partial charge in [0.1, 0.15) is 6.10 Å². The summed E-state index contributed by atoms with van der Waals surface area (Å²) in [6.07, 6.45) is -1.49. The van der Waals surface area contributed by atoms with Crippen molar-refractivity contribution < 1.29 is 24.4 Å². The molecule has 0 saturated carbocycles. The highest BCUT2D eigenvalue weighted by Gasteiger charge is 2.61. The highest BCUT2D eigenvalue weighted by molar-refractivity contribution is 5.02. The average molecular weight is 190 g/mol. The standard InChI is InChI=1S/C8H14O5/c1-7(2)12-5-3-11-6(10)8(5,4-9)13-7/h5-6,9-10H,3-4H2,1-2H3/t5-,6-,8-/m1/s1. The van der Waals surface area contributed by atoms with Crippen molar-refractivity contribution in [2.45, 2.75) is 37.6 Å². The summed E-state index contributed by atoms with van der Waals surface area (Å²) in [6.45, 7) is 3.44. The second kappa shape index (κ2) is 2.65. The smallest absolute Gasteiger partial charge is 0.189 e. The summed E-state index contributed by atoms with van der Waals surface area (Å²) in [4.78, 5) is 0. The number of ether oxygens (including phenoxy) is 3. The summed E-state index contributed by atoms with van der Waals surface area (Å²) in [6, 6.07) is 0. The minimum atomic E-state index is -1.11. The highest BCUT2D eigenvalue weighted by atomic mass is 16.8. The molecule has 2 aliphatic rings. The molecule has 2 aliphatic heterocycles. The lowest BCUT2D eigenvalue weighted by Gasteiger charge is -2.27. The molecule has 3 atom stereocenters. The van der Waals surface area contributed by atoms with Gasteiger partial charge in [-0.3, -0.25) is 0 Å². The molecule has 0 aromatic carbocycles. The van der Waals surface area contributed by atoms with Crippen LogP contribution in [0, 0.1) is 0 Å². The molecule has 0 amide bonds. The predicted molar refractivity (Wildman–Crippen MR) is 41.8 cm³/mol. The van der Waals surface area contributed by atoms with E-state index in [1.54, 1.807) is 13.8 Å². The number of aliphatic hydroxyl groups is 2. The Bertz CT molecular complexity index is 217. The van der Waals surface area contributed by atoms with E-state index >= 15 is 0 Å². The van der Waals surface area contributed by atoms with Gasteiger partial charge in [0.25, 0.3) is 0 Å². The van der Waals surface area contributed by atoms with Crippen molar-refractivity contribution >= 4 is 0 Å². The minimum absolute atomic E-state index is 0.255. The molecular formula is C8H14O5. The van der Waals surface area contributed by atoms with Crippen LogP contribution in [-0.4, -0.2) is 47.2 Å². The Kier molecular flexibility index (Phi) is 1.91. The van der Waals surface area contributed by atoms with E-state index in [0.29, 0.717) is 0 Å². The summed E-state index contributed by atoms with van der Waals surface area (Å²) >= 11 is 0. The predicted octanol–water partition coefficient (Wildman–Crippen LogP) is -0.782. The molecule has 0 aromatic rings. The van der Waals surface area contributed by atoms with Crippen molar-refractivity contribution in [1.29, 1.82) is 0 Å². The van der Waals surface area contributed by atoms with Crippen LogP contribution in [0.4, 0.5) is 0 Å². The van der Waals surface area contributed by atoms with E-state index in [9.17, 15) is 10.2 Å². The highest BCUT2D eigenvalue weighted by Crippen LogP contribution is 2.42. The zero-order valence-electron chi connectivity index (χ0n) is 7.69. The molecule has 0 aliphatic carbocycles. The van der Waals surface area contributed by atoms with Crippen molar-refractivity contribution in [2.24, 2.45) is 0 Å². The third-order valence-electron chi connectivity index (χ3n) is 2.48. The van der Waals surface area contributed by atoms with Crippen molar-refractivity contribution in [1.82, 2.24) is 0 Å². The Morgan fingerprint density at radius 1 is 1.46 bits per heavy atom. The zero-order valence-corrected chi connectivity index (χ0v) is 7.69. The zero-order chi connectivity index (χ0) is 9.69. The molecule has 2 rings (SSSR count). The Labute approximate surface area is 76.2 Å². The fourth-order valence-electron chi connectivity index (χ4n) is 1.91. The third kappa shape index (κ3) is 1.19. The Morgan fingerprint density at radius 2 is 2.15 bits per heavy atom. The first kappa shape index (κ1) is 9.36. The second-order valence-electron chi connectivity index (χ2n) is 3.91. The largest absolute Gasteiger partial charge is 0.393 e. The van der Waals surface area contributed by atoms with Gasteiger partial charge in [-0.2, -0.15) is 0 Å². The van der Waals surface area contributed by atoms with Gasteiger partial charge in [0.05, 0.1) is 13.2 Å². The average Bonchev–Trinajstić information content (AvgIpc) is 2.46. The monoisotopic (exact) mass is 190 g/mol. The molecule has 0 bridgehead atoms. The van der Waals surface area contributed by atoms with E-state index in [0.717, 1.165) is 0 Å². The van der Waals surface area contributed by atoms with Gasteiger partial charge >= 0.3 is 0 Å². The van der Waals surface area contributed by atoms with Crippen LogP contribution in [0.15, 0.2) is 0 Å². The van der Waals surface area contributed by atoms with Crippen molar-refractivity contribution in [3.05, 3.63) is 0 Å². The van der Waals surface area contributed by atoms with Crippen LogP contribution in [0.1, 0.15) is 13.8 Å². The molecule has 0 spiro atoms.